The van der Waals surface area contributed by atoms with Crippen LogP contribution in [0.1, 0.15) is 25.0 Å². The van der Waals surface area contributed by atoms with E-state index in [9.17, 15) is 9.59 Å². The van der Waals surface area contributed by atoms with Gasteiger partial charge in [-0.3, -0.25) is 4.79 Å². The van der Waals surface area contributed by atoms with E-state index >= 15 is 0 Å². The molecule has 2 rings (SSSR count). The molecule has 0 saturated carbocycles. The third kappa shape index (κ3) is 9.15. The van der Waals surface area contributed by atoms with Gasteiger partial charge in [-0.05, 0) is 17.2 Å². The molecule has 6 nitrogen and oxygen atoms in total. The number of ether oxygens (including phenoxy) is 4. The predicted molar refractivity (Wildman–Crippen MR) is 117 cm³/mol. The molecule has 0 saturated heterocycles. The van der Waals surface area contributed by atoms with Gasteiger partial charge in [-0.1, -0.05) is 67.6 Å². The summed E-state index contributed by atoms with van der Waals surface area (Å²) in [7, 11) is 1.29. The molecule has 0 bridgehead atoms. The summed E-state index contributed by atoms with van der Waals surface area (Å²) in [6, 6.07) is 19.6. The molecule has 0 unspecified atom stereocenters. The summed E-state index contributed by atoms with van der Waals surface area (Å²) in [6.07, 6.45) is 1.73. The minimum atomic E-state index is -0.669. The second kappa shape index (κ2) is 13.4. The number of esters is 2. The monoisotopic (exact) mass is 426 g/mol. The molecule has 0 aliphatic heterocycles. The Morgan fingerprint density at radius 2 is 1.52 bits per heavy atom. The number of hydrogen-bond donors (Lipinski definition) is 0. The minimum absolute atomic E-state index is 0.274. The zero-order chi connectivity index (χ0) is 22.5. The molecule has 0 radical (unpaired) electrons. The van der Waals surface area contributed by atoms with Crippen LogP contribution in [-0.4, -0.2) is 37.9 Å². The zero-order valence-corrected chi connectivity index (χ0v) is 18.2. The number of methoxy groups -OCH3 is 1. The van der Waals surface area contributed by atoms with Crippen molar-refractivity contribution in [1.82, 2.24) is 0 Å². The Bertz CT molecular complexity index is 818. The van der Waals surface area contributed by atoms with Crippen LogP contribution in [0.4, 0.5) is 0 Å². The minimum Gasteiger partial charge on any atom is -0.466 e. The lowest BCUT2D eigenvalue weighted by Crippen LogP contribution is -2.36. The van der Waals surface area contributed by atoms with Gasteiger partial charge in [0, 0.05) is 18.9 Å². The normalized spacial score (nSPS) is 14.0. The summed E-state index contributed by atoms with van der Waals surface area (Å²) in [6.45, 7) is 4.36. The van der Waals surface area contributed by atoms with E-state index < -0.39 is 18.0 Å². The largest absolute Gasteiger partial charge is 0.466 e. The highest BCUT2D eigenvalue weighted by atomic mass is 16.6. The van der Waals surface area contributed by atoms with Crippen molar-refractivity contribution in [3.8, 4) is 0 Å². The SMILES string of the molecule is COC(=O)/C=C/[C@H](OC(C)=O)[C@@H](C)[C@H](COCc1ccccc1)OCc1ccccc1. The van der Waals surface area contributed by atoms with E-state index in [4.69, 9.17) is 14.2 Å². The van der Waals surface area contributed by atoms with Crippen molar-refractivity contribution in [3.63, 3.8) is 0 Å². The van der Waals surface area contributed by atoms with Crippen LogP contribution in [0.5, 0.6) is 0 Å². The quantitative estimate of drug-likeness (QED) is 0.376. The molecule has 6 heteroatoms. The molecule has 0 amide bonds. The maximum atomic E-state index is 11.6. The van der Waals surface area contributed by atoms with Crippen LogP contribution >= 0.6 is 0 Å². The average molecular weight is 427 g/mol. The van der Waals surface area contributed by atoms with Gasteiger partial charge in [0.25, 0.3) is 0 Å². The average Bonchev–Trinajstić information content (AvgIpc) is 2.79. The third-order valence-corrected chi connectivity index (χ3v) is 4.73. The van der Waals surface area contributed by atoms with E-state index in [1.807, 2.05) is 67.6 Å². The molecule has 0 fully saturated rings. The fourth-order valence-corrected chi connectivity index (χ4v) is 2.96. The Balaban J connectivity index is 2.10. The summed E-state index contributed by atoms with van der Waals surface area (Å²) in [5, 5.41) is 0. The second-order valence-corrected chi connectivity index (χ2v) is 7.15. The first-order valence-corrected chi connectivity index (χ1v) is 10.2. The number of benzene rings is 2. The van der Waals surface area contributed by atoms with Gasteiger partial charge in [-0.2, -0.15) is 0 Å². The molecule has 31 heavy (non-hydrogen) atoms. The predicted octanol–water partition coefficient (Wildman–Crippen LogP) is 4.09. The lowest BCUT2D eigenvalue weighted by atomic mass is 9.97. The van der Waals surface area contributed by atoms with Crippen molar-refractivity contribution < 1.29 is 28.5 Å². The molecule has 0 spiro atoms. The summed E-state index contributed by atoms with van der Waals surface area (Å²) in [5.41, 5.74) is 2.08. The van der Waals surface area contributed by atoms with Crippen LogP contribution in [0.25, 0.3) is 0 Å². The molecule has 0 aliphatic rings. The molecule has 0 aliphatic carbocycles. The summed E-state index contributed by atoms with van der Waals surface area (Å²) < 4.78 is 22.1. The molecule has 3 atom stereocenters. The van der Waals surface area contributed by atoms with Crippen LogP contribution in [0, 0.1) is 5.92 Å². The molecular formula is C25H30O6. The van der Waals surface area contributed by atoms with Gasteiger partial charge in [0.15, 0.2) is 0 Å². The summed E-state index contributed by atoms with van der Waals surface area (Å²) >= 11 is 0. The molecule has 166 valence electrons. The number of carbonyl (C=O) groups excluding carboxylic acids is 2. The number of carbonyl (C=O) groups is 2. The van der Waals surface area contributed by atoms with Gasteiger partial charge in [0.2, 0.25) is 0 Å². The van der Waals surface area contributed by atoms with Crippen LogP contribution in [0.3, 0.4) is 0 Å². The van der Waals surface area contributed by atoms with Crippen molar-refractivity contribution in [1.29, 1.82) is 0 Å². The van der Waals surface area contributed by atoms with Gasteiger partial charge >= 0.3 is 11.9 Å². The van der Waals surface area contributed by atoms with Crippen molar-refractivity contribution in [2.75, 3.05) is 13.7 Å². The van der Waals surface area contributed by atoms with E-state index in [0.717, 1.165) is 11.1 Å². The highest BCUT2D eigenvalue weighted by Crippen LogP contribution is 2.20. The third-order valence-electron chi connectivity index (χ3n) is 4.73. The molecule has 0 N–H and O–H groups in total. The Hall–Kier alpha value is -2.96. The number of hydrogen-bond acceptors (Lipinski definition) is 6. The van der Waals surface area contributed by atoms with Gasteiger partial charge in [0.1, 0.15) is 6.10 Å². The van der Waals surface area contributed by atoms with Crippen molar-refractivity contribution >= 4 is 11.9 Å². The van der Waals surface area contributed by atoms with Crippen molar-refractivity contribution in [2.45, 2.75) is 39.3 Å². The molecule has 2 aromatic carbocycles. The summed E-state index contributed by atoms with van der Waals surface area (Å²) in [5.74, 6) is -1.24. The highest BCUT2D eigenvalue weighted by molar-refractivity contribution is 5.81. The fourth-order valence-electron chi connectivity index (χ4n) is 2.96. The van der Waals surface area contributed by atoms with E-state index in [0.29, 0.717) is 19.8 Å². The van der Waals surface area contributed by atoms with E-state index in [-0.39, 0.29) is 12.0 Å². The second-order valence-electron chi connectivity index (χ2n) is 7.15. The van der Waals surface area contributed by atoms with Gasteiger partial charge < -0.3 is 18.9 Å². The summed E-state index contributed by atoms with van der Waals surface area (Å²) in [4.78, 5) is 23.2. The maximum Gasteiger partial charge on any atom is 0.330 e. The standard InChI is InChI=1S/C25H30O6/c1-19(23(31-20(2)26)14-15-25(27)28-3)24(30-17-22-12-8-5-9-13-22)18-29-16-21-10-6-4-7-11-21/h4-15,19,23-24H,16-18H2,1-3H3/b15-14+/t19-,23+,24+/m1/s1. The van der Waals surface area contributed by atoms with Crippen LogP contribution in [0.2, 0.25) is 0 Å². The Morgan fingerprint density at radius 1 is 0.935 bits per heavy atom. The fraction of sp³-hybridized carbons (Fsp3) is 0.360. The Morgan fingerprint density at radius 3 is 2.06 bits per heavy atom. The highest BCUT2D eigenvalue weighted by Gasteiger charge is 2.28. The number of rotatable bonds is 12. The van der Waals surface area contributed by atoms with E-state index in [1.165, 1.54) is 26.2 Å². The lowest BCUT2D eigenvalue weighted by molar-refractivity contribution is -0.151. The topological polar surface area (TPSA) is 71.1 Å². The van der Waals surface area contributed by atoms with Gasteiger partial charge in [0.05, 0.1) is 33.0 Å². The smallest absolute Gasteiger partial charge is 0.330 e. The van der Waals surface area contributed by atoms with E-state index in [2.05, 4.69) is 4.74 Å². The maximum absolute atomic E-state index is 11.6. The van der Waals surface area contributed by atoms with Crippen LogP contribution in [-0.2, 0) is 41.8 Å². The Kier molecular flexibility index (Phi) is 10.5. The molecule has 0 heterocycles. The first kappa shape index (κ1) is 24.3. The first-order chi connectivity index (χ1) is 15.0. The Labute approximate surface area is 183 Å². The van der Waals surface area contributed by atoms with Gasteiger partial charge in [-0.25, -0.2) is 4.79 Å². The first-order valence-electron chi connectivity index (χ1n) is 10.2. The van der Waals surface area contributed by atoms with Crippen LogP contribution in [0.15, 0.2) is 72.8 Å². The van der Waals surface area contributed by atoms with Gasteiger partial charge in [-0.15, -0.1) is 0 Å². The molecule has 2 aromatic rings. The van der Waals surface area contributed by atoms with E-state index in [1.54, 1.807) is 0 Å². The van der Waals surface area contributed by atoms with Crippen LogP contribution < -0.4 is 0 Å². The molecular weight excluding hydrogens is 396 g/mol. The lowest BCUT2D eigenvalue weighted by Gasteiger charge is -2.29. The molecule has 0 aromatic heterocycles. The zero-order valence-electron chi connectivity index (χ0n) is 18.2. The van der Waals surface area contributed by atoms with Crippen molar-refractivity contribution in [3.05, 3.63) is 83.9 Å². The van der Waals surface area contributed by atoms with Crippen molar-refractivity contribution in [2.24, 2.45) is 5.92 Å².